The summed E-state index contributed by atoms with van der Waals surface area (Å²) in [5.74, 6) is 0. The minimum absolute atomic E-state index is 0.506. The Kier molecular flexibility index (Phi) is 2.55. The first-order valence-corrected chi connectivity index (χ1v) is 6.19. The topological polar surface area (TPSA) is 27.8 Å². The number of hydrogen-bond donors (Lipinski definition) is 2. The van der Waals surface area contributed by atoms with E-state index in [-0.39, 0.29) is 0 Å². The molecule has 2 aromatic rings. The van der Waals surface area contributed by atoms with Crippen LogP contribution in [-0.2, 0) is 13.0 Å². The van der Waals surface area contributed by atoms with E-state index >= 15 is 0 Å². The van der Waals surface area contributed by atoms with Crippen LogP contribution in [0.4, 0.5) is 0 Å². The highest BCUT2D eigenvalue weighted by Gasteiger charge is 2.20. The van der Waals surface area contributed by atoms with Crippen LogP contribution in [0.5, 0.6) is 0 Å². The molecule has 2 N–H and O–H groups in total. The Bertz CT molecular complexity index is 574. The molecule has 5 heteroatoms. The van der Waals surface area contributed by atoms with E-state index in [2.05, 4.69) is 10.3 Å². The lowest BCUT2D eigenvalue weighted by atomic mass is 10.1. The number of nitrogens with one attached hydrogen (secondary N) is 2. The number of fused-ring (bicyclic) bond motifs is 3. The molecule has 3 rings (SSSR count). The van der Waals surface area contributed by atoms with Gasteiger partial charge in [0.25, 0.3) is 0 Å². The maximum Gasteiger partial charge on any atom is 0.0690 e. The summed E-state index contributed by atoms with van der Waals surface area (Å²) in [5.41, 5.74) is 3.29. The van der Waals surface area contributed by atoms with E-state index in [0.29, 0.717) is 15.1 Å². The summed E-state index contributed by atoms with van der Waals surface area (Å²) < 4.78 is 0. The highest BCUT2D eigenvalue weighted by atomic mass is 35.5. The highest BCUT2D eigenvalue weighted by Crippen LogP contribution is 2.39. The minimum atomic E-state index is 0.506. The molecule has 2 heterocycles. The zero-order chi connectivity index (χ0) is 11.3. The Balaban J connectivity index is 2.43. The fourth-order valence-corrected chi connectivity index (χ4v) is 2.99. The van der Waals surface area contributed by atoms with Gasteiger partial charge in [-0.3, -0.25) is 0 Å². The first-order chi connectivity index (χ1) is 7.68. The van der Waals surface area contributed by atoms with Gasteiger partial charge < -0.3 is 10.3 Å². The largest absolute Gasteiger partial charge is 0.357 e. The van der Waals surface area contributed by atoms with Crippen molar-refractivity contribution in [3.8, 4) is 0 Å². The molecule has 0 saturated carbocycles. The summed E-state index contributed by atoms with van der Waals surface area (Å²) in [4.78, 5) is 3.34. The molecule has 0 radical (unpaired) electrons. The maximum absolute atomic E-state index is 6.24. The maximum atomic E-state index is 6.24. The molecule has 2 nitrogen and oxygen atoms in total. The Morgan fingerprint density at radius 3 is 2.75 bits per heavy atom. The molecule has 0 bridgehead atoms. The standard InChI is InChI=1S/C11H9Cl3N2/c12-6-3-7(13)11-9(10(6)14)5-4-15-2-1-8(5)16-11/h3,15-16H,1-2,4H2. The Morgan fingerprint density at radius 1 is 1.12 bits per heavy atom. The fourth-order valence-electron chi connectivity index (χ4n) is 2.21. The van der Waals surface area contributed by atoms with Crippen LogP contribution < -0.4 is 5.32 Å². The van der Waals surface area contributed by atoms with Crippen LogP contribution >= 0.6 is 34.8 Å². The molecule has 0 atom stereocenters. The number of benzene rings is 1. The second-order valence-corrected chi connectivity index (χ2v) is 5.11. The van der Waals surface area contributed by atoms with Crippen LogP contribution in [0.25, 0.3) is 10.9 Å². The van der Waals surface area contributed by atoms with Crippen LogP contribution in [0.15, 0.2) is 6.07 Å². The summed E-state index contributed by atoms with van der Waals surface area (Å²) in [5, 5.41) is 6.00. The van der Waals surface area contributed by atoms with Gasteiger partial charge in [-0.2, -0.15) is 0 Å². The van der Waals surface area contributed by atoms with Crippen molar-refractivity contribution < 1.29 is 0 Å². The molecule has 1 aromatic heterocycles. The van der Waals surface area contributed by atoms with Crippen molar-refractivity contribution in [1.82, 2.24) is 10.3 Å². The Morgan fingerprint density at radius 2 is 1.94 bits per heavy atom. The van der Waals surface area contributed by atoms with Crippen LogP contribution in [0.2, 0.25) is 15.1 Å². The molecule has 0 amide bonds. The van der Waals surface area contributed by atoms with Gasteiger partial charge in [-0.25, -0.2) is 0 Å². The molecule has 16 heavy (non-hydrogen) atoms. The third-order valence-corrected chi connectivity index (χ3v) is 4.05. The Hall–Kier alpha value is -0.410. The second kappa shape index (κ2) is 3.81. The van der Waals surface area contributed by atoms with Gasteiger partial charge in [-0.05, 0) is 11.6 Å². The predicted octanol–water partition coefficient (Wildman–Crippen LogP) is 3.77. The third kappa shape index (κ3) is 1.45. The lowest BCUT2D eigenvalue weighted by Crippen LogP contribution is -2.22. The van der Waals surface area contributed by atoms with Gasteiger partial charge >= 0.3 is 0 Å². The van der Waals surface area contributed by atoms with E-state index in [9.17, 15) is 0 Å². The molecule has 1 aliphatic heterocycles. The smallest absolute Gasteiger partial charge is 0.0690 e. The van der Waals surface area contributed by atoms with Crippen LogP contribution in [0.1, 0.15) is 11.3 Å². The van der Waals surface area contributed by atoms with Crippen molar-refractivity contribution in [3.05, 3.63) is 32.4 Å². The normalized spacial score (nSPS) is 15.4. The molecule has 0 aliphatic carbocycles. The van der Waals surface area contributed by atoms with E-state index in [1.807, 2.05) is 0 Å². The fraction of sp³-hybridized carbons (Fsp3) is 0.273. The quantitative estimate of drug-likeness (QED) is 0.704. The van der Waals surface area contributed by atoms with Gasteiger partial charge in [0.15, 0.2) is 0 Å². The van der Waals surface area contributed by atoms with Gasteiger partial charge in [0, 0.05) is 30.6 Å². The highest BCUT2D eigenvalue weighted by molar-refractivity contribution is 6.47. The van der Waals surface area contributed by atoms with Crippen molar-refractivity contribution in [2.45, 2.75) is 13.0 Å². The first kappa shape index (κ1) is 10.7. The van der Waals surface area contributed by atoms with Crippen molar-refractivity contribution in [1.29, 1.82) is 0 Å². The summed E-state index contributed by atoms with van der Waals surface area (Å²) in [6, 6.07) is 1.68. The van der Waals surface area contributed by atoms with E-state index in [1.165, 1.54) is 11.3 Å². The van der Waals surface area contributed by atoms with E-state index in [1.54, 1.807) is 6.07 Å². The minimum Gasteiger partial charge on any atom is -0.357 e. The predicted molar refractivity (Wildman–Crippen MR) is 68.7 cm³/mol. The third-order valence-electron chi connectivity index (χ3n) is 2.97. The Labute approximate surface area is 108 Å². The number of hydrogen-bond acceptors (Lipinski definition) is 1. The van der Waals surface area contributed by atoms with E-state index in [0.717, 1.165) is 30.4 Å². The summed E-state index contributed by atoms with van der Waals surface area (Å²) in [7, 11) is 0. The molecule has 0 saturated heterocycles. The molecule has 1 aliphatic rings. The molecule has 0 spiro atoms. The SMILES string of the molecule is Clc1cc(Cl)c2[nH]c3c(c2c1Cl)CNCC3. The van der Waals surface area contributed by atoms with E-state index in [4.69, 9.17) is 34.8 Å². The summed E-state index contributed by atoms with van der Waals surface area (Å²) in [6.07, 6.45) is 0.967. The van der Waals surface area contributed by atoms with Crippen molar-refractivity contribution in [3.63, 3.8) is 0 Å². The second-order valence-electron chi connectivity index (χ2n) is 3.91. The summed E-state index contributed by atoms with van der Waals surface area (Å²) >= 11 is 18.4. The van der Waals surface area contributed by atoms with Crippen molar-refractivity contribution >= 4 is 45.7 Å². The lowest BCUT2D eigenvalue weighted by molar-refractivity contribution is 0.641. The molecule has 1 aromatic carbocycles. The number of halogens is 3. The average Bonchev–Trinajstić information content (AvgIpc) is 2.66. The zero-order valence-electron chi connectivity index (χ0n) is 8.33. The van der Waals surface area contributed by atoms with Crippen molar-refractivity contribution in [2.75, 3.05) is 6.54 Å². The summed E-state index contributed by atoms with van der Waals surface area (Å²) in [6.45, 7) is 1.79. The molecular weight excluding hydrogens is 266 g/mol. The number of H-pyrrole nitrogens is 1. The van der Waals surface area contributed by atoms with Crippen LogP contribution in [-0.4, -0.2) is 11.5 Å². The van der Waals surface area contributed by atoms with Gasteiger partial charge in [-0.1, -0.05) is 34.8 Å². The molecule has 0 unspecified atom stereocenters. The van der Waals surface area contributed by atoms with Gasteiger partial charge in [0.05, 0.1) is 20.6 Å². The van der Waals surface area contributed by atoms with Gasteiger partial charge in [0.1, 0.15) is 0 Å². The average molecular weight is 276 g/mol. The molecule has 84 valence electrons. The number of aromatic amines is 1. The molecular formula is C11H9Cl3N2. The van der Waals surface area contributed by atoms with Gasteiger partial charge in [-0.15, -0.1) is 0 Å². The van der Waals surface area contributed by atoms with Gasteiger partial charge in [0.2, 0.25) is 0 Å². The zero-order valence-corrected chi connectivity index (χ0v) is 10.6. The first-order valence-electron chi connectivity index (χ1n) is 5.06. The lowest BCUT2D eigenvalue weighted by Gasteiger charge is -2.13. The van der Waals surface area contributed by atoms with E-state index < -0.39 is 0 Å². The number of rotatable bonds is 0. The number of aromatic nitrogens is 1. The monoisotopic (exact) mass is 274 g/mol. The van der Waals surface area contributed by atoms with Crippen molar-refractivity contribution in [2.24, 2.45) is 0 Å². The van der Waals surface area contributed by atoms with Crippen LogP contribution in [0, 0.1) is 0 Å². The molecule has 0 fully saturated rings. The van der Waals surface area contributed by atoms with Crippen LogP contribution in [0.3, 0.4) is 0 Å².